The summed E-state index contributed by atoms with van der Waals surface area (Å²) < 4.78 is 5.05. The van der Waals surface area contributed by atoms with Crippen LogP contribution in [0.25, 0.3) is 0 Å². The Kier molecular flexibility index (Phi) is 5.78. The number of anilines is 3. The fraction of sp³-hybridized carbons (Fsp3) is 0.389. The number of halogens is 1. The zero-order valence-corrected chi connectivity index (χ0v) is 15.7. The molecule has 1 N–H and O–H groups in total. The van der Waals surface area contributed by atoms with Gasteiger partial charge in [0.15, 0.2) is 0 Å². The molecule has 0 bridgehead atoms. The Labute approximate surface area is 157 Å². The predicted molar refractivity (Wildman–Crippen MR) is 102 cm³/mol. The molecule has 138 valence electrons. The van der Waals surface area contributed by atoms with Gasteiger partial charge in [-0.3, -0.25) is 0 Å². The van der Waals surface area contributed by atoms with Gasteiger partial charge in [0.2, 0.25) is 5.95 Å². The van der Waals surface area contributed by atoms with Crippen LogP contribution in [0.3, 0.4) is 0 Å². The van der Waals surface area contributed by atoms with Gasteiger partial charge in [-0.1, -0.05) is 17.7 Å². The average molecular weight is 376 g/mol. The first-order valence-corrected chi connectivity index (χ1v) is 8.98. The molecule has 0 aliphatic carbocycles. The summed E-state index contributed by atoms with van der Waals surface area (Å²) in [6.07, 6.45) is -0.263. The lowest BCUT2D eigenvalue weighted by Gasteiger charge is -2.34. The molecule has 2 aromatic rings. The summed E-state index contributed by atoms with van der Waals surface area (Å²) in [7, 11) is 0. The van der Waals surface area contributed by atoms with Gasteiger partial charge in [0.25, 0.3) is 0 Å². The number of aryl methyl sites for hydroxylation is 1. The summed E-state index contributed by atoms with van der Waals surface area (Å²) in [6.45, 7) is 6.64. The highest BCUT2D eigenvalue weighted by molar-refractivity contribution is 6.30. The summed E-state index contributed by atoms with van der Waals surface area (Å²) in [5.41, 5.74) is 1.74. The van der Waals surface area contributed by atoms with Crippen LogP contribution in [0.4, 0.5) is 22.2 Å². The Balaban J connectivity index is 1.69. The predicted octanol–water partition coefficient (Wildman–Crippen LogP) is 3.46. The summed E-state index contributed by atoms with van der Waals surface area (Å²) in [6, 6.07) is 9.37. The van der Waals surface area contributed by atoms with E-state index in [-0.39, 0.29) is 6.09 Å². The minimum Gasteiger partial charge on any atom is -0.450 e. The first-order valence-electron chi connectivity index (χ1n) is 8.60. The lowest BCUT2D eigenvalue weighted by atomic mass is 10.3. The van der Waals surface area contributed by atoms with Crippen molar-refractivity contribution < 1.29 is 9.53 Å². The second-order valence-electron chi connectivity index (χ2n) is 6.00. The standard InChI is InChI=1S/C18H22ClN5O2/c1-3-26-18(25)24-9-7-23(8-10-24)17-20-13(2)11-16(22-17)21-15-6-4-5-14(19)12-15/h4-6,11-12H,3,7-10H2,1-2H3,(H,20,21,22). The highest BCUT2D eigenvalue weighted by Crippen LogP contribution is 2.21. The van der Waals surface area contributed by atoms with Gasteiger partial charge >= 0.3 is 6.09 Å². The minimum absolute atomic E-state index is 0.263. The molecular weight excluding hydrogens is 354 g/mol. The van der Waals surface area contributed by atoms with Crippen molar-refractivity contribution in [2.24, 2.45) is 0 Å². The number of rotatable bonds is 4. The van der Waals surface area contributed by atoms with Crippen molar-refractivity contribution in [1.29, 1.82) is 0 Å². The highest BCUT2D eigenvalue weighted by atomic mass is 35.5. The zero-order chi connectivity index (χ0) is 18.5. The molecule has 0 saturated carbocycles. The smallest absolute Gasteiger partial charge is 0.409 e. The maximum atomic E-state index is 11.8. The van der Waals surface area contributed by atoms with E-state index in [0.29, 0.717) is 49.6 Å². The maximum Gasteiger partial charge on any atom is 0.409 e. The number of amides is 1. The molecule has 26 heavy (non-hydrogen) atoms. The van der Waals surface area contributed by atoms with Crippen molar-refractivity contribution in [2.75, 3.05) is 43.0 Å². The molecule has 7 nitrogen and oxygen atoms in total. The molecule has 1 aromatic carbocycles. The van der Waals surface area contributed by atoms with E-state index >= 15 is 0 Å². The number of benzene rings is 1. The molecule has 1 fully saturated rings. The van der Waals surface area contributed by atoms with Crippen LogP contribution >= 0.6 is 11.6 Å². The van der Waals surface area contributed by atoms with Gasteiger partial charge in [-0.15, -0.1) is 0 Å². The van der Waals surface area contributed by atoms with Crippen molar-refractivity contribution in [3.63, 3.8) is 0 Å². The number of carbonyl (C=O) groups excluding carboxylic acids is 1. The lowest BCUT2D eigenvalue weighted by molar-refractivity contribution is 0.105. The van der Waals surface area contributed by atoms with Crippen LogP contribution in [0.15, 0.2) is 30.3 Å². The lowest BCUT2D eigenvalue weighted by Crippen LogP contribution is -2.49. The number of nitrogens with one attached hydrogen (secondary N) is 1. The largest absolute Gasteiger partial charge is 0.450 e. The van der Waals surface area contributed by atoms with Crippen LogP contribution in [0.1, 0.15) is 12.6 Å². The van der Waals surface area contributed by atoms with Crippen molar-refractivity contribution in [2.45, 2.75) is 13.8 Å². The number of aromatic nitrogens is 2. The minimum atomic E-state index is -0.263. The number of carbonyl (C=O) groups is 1. The van der Waals surface area contributed by atoms with Crippen LogP contribution in [0, 0.1) is 6.92 Å². The first kappa shape index (κ1) is 18.3. The third kappa shape index (κ3) is 4.54. The monoisotopic (exact) mass is 375 g/mol. The number of ether oxygens (including phenoxy) is 1. The molecule has 8 heteroatoms. The molecule has 3 rings (SSSR count). The molecule has 0 radical (unpaired) electrons. The fourth-order valence-electron chi connectivity index (χ4n) is 2.78. The SMILES string of the molecule is CCOC(=O)N1CCN(c2nc(C)cc(Nc3cccc(Cl)c3)n2)CC1. The van der Waals surface area contributed by atoms with Gasteiger partial charge in [-0.2, -0.15) is 4.98 Å². The average Bonchev–Trinajstić information content (AvgIpc) is 2.61. The Hall–Kier alpha value is -2.54. The maximum absolute atomic E-state index is 11.8. The Bertz CT molecular complexity index is 778. The van der Waals surface area contributed by atoms with Gasteiger partial charge in [0.1, 0.15) is 5.82 Å². The molecule has 1 saturated heterocycles. The van der Waals surface area contributed by atoms with Crippen LogP contribution in [0.2, 0.25) is 5.02 Å². The van der Waals surface area contributed by atoms with Crippen molar-refractivity contribution >= 4 is 35.1 Å². The van der Waals surface area contributed by atoms with E-state index in [2.05, 4.69) is 20.2 Å². The van der Waals surface area contributed by atoms with Crippen molar-refractivity contribution in [3.8, 4) is 0 Å². The van der Waals surface area contributed by atoms with Crippen LogP contribution in [0.5, 0.6) is 0 Å². The second kappa shape index (κ2) is 8.23. The van der Waals surface area contributed by atoms with Gasteiger partial charge < -0.3 is 19.9 Å². The summed E-state index contributed by atoms with van der Waals surface area (Å²) >= 11 is 6.03. The fourth-order valence-corrected chi connectivity index (χ4v) is 2.97. The van der Waals surface area contributed by atoms with Crippen molar-refractivity contribution in [1.82, 2.24) is 14.9 Å². The molecule has 2 heterocycles. The summed E-state index contributed by atoms with van der Waals surface area (Å²) in [4.78, 5) is 24.7. The zero-order valence-electron chi connectivity index (χ0n) is 14.9. The van der Waals surface area contributed by atoms with Gasteiger partial charge in [0.05, 0.1) is 6.61 Å². The van der Waals surface area contributed by atoms with Gasteiger partial charge in [-0.25, -0.2) is 9.78 Å². The van der Waals surface area contributed by atoms with E-state index in [1.807, 2.05) is 44.2 Å². The number of nitrogens with zero attached hydrogens (tertiary/aromatic N) is 4. The van der Waals surface area contributed by atoms with E-state index < -0.39 is 0 Å². The van der Waals surface area contributed by atoms with Crippen molar-refractivity contribution in [3.05, 3.63) is 41.0 Å². The van der Waals surface area contributed by atoms with Crippen LogP contribution in [-0.2, 0) is 4.74 Å². The van der Waals surface area contributed by atoms with E-state index in [1.165, 1.54) is 0 Å². The summed E-state index contributed by atoms with van der Waals surface area (Å²) in [5.74, 6) is 1.36. The Morgan fingerprint density at radius 2 is 2.00 bits per heavy atom. The molecule has 0 atom stereocenters. The van der Waals surface area contributed by atoms with E-state index in [1.54, 1.807) is 4.90 Å². The molecule has 1 aliphatic rings. The highest BCUT2D eigenvalue weighted by Gasteiger charge is 2.23. The molecule has 0 spiro atoms. The molecule has 1 aromatic heterocycles. The molecule has 0 unspecified atom stereocenters. The first-order chi connectivity index (χ1) is 12.5. The van der Waals surface area contributed by atoms with E-state index in [0.717, 1.165) is 11.4 Å². The van der Waals surface area contributed by atoms with Gasteiger partial charge in [-0.05, 0) is 32.0 Å². The van der Waals surface area contributed by atoms with E-state index in [4.69, 9.17) is 16.3 Å². The van der Waals surface area contributed by atoms with Crippen LogP contribution in [-0.4, -0.2) is 53.7 Å². The second-order valence-corrected chi connectivity index (χ2v) is 6.44. The van der Waals surface area contributed by atoms with Crippen LogP contribution < -0.4 is 10.2 Å². The third-order valence-electron chi connectivity index (χ3n) is 4.03. The molecule has 1 amide bonds. The number of hydrogen-bond acceptors (Lipinski definition) is 6. The normalized spacial score (nSPS) is 14.3. The van der Waals surface area contributed by atoms with Gasteiger partial charge in [0, 0.05) is 48.6 Å². The summed E-state index contributed by atoms with van der Waals surface area (Å²) in [5, 5.41) is 3.93. The Morgan fingerprint density at radius 1 is 1.23 bits per heavy atom. The molecular formula is C18H22ClN5O2. The third-order valence-corrected chi connectivity index (χ3v) is 4.26. The number of hydrogen-bond donors (Lipinski definition) is 1. The quantitative estimate of drug-likeness (QED) is 0.882. The number of piperazine rings is 1. The van der Waals surface area contributed by atoms with E-state index in [9.17, 15) is 4.79 Å². The topological polar surface area (TPSA) is 70.6 Å². The molecule has 1 aliphatic heterocycles. The Morgan fingerprint density at radius 3 is 2.69 bits per heavy atom.